The van der Waals surface area contributed by atoms with E-state index >= 15 is 0 Å². The van der Waals surface area contributed by atoms with E-state index in [0.717, 1.165) is 6.42 Å². The molecule has 11 heteroatoms. The second-order valence-electron chi connectivity index (χ2n) is 5.29. The third-order valence-electron chi connectivity index (χ3n) is 2.71. The van der Waals surface area contributed by atoms with Crippen LogP contribution in [0.25, 0.3) is 0 Å². The van der Waals surface area contributed by atoms with E-state index in [9.17, 15) is 14.2 Å². The van der Waals surface area contributed by atoms with E-state index in [1.807, 2.05) is 13.8 Å². The van der Waals surface area contributed by atoms with Gasteiger partial charge < -0.3 is 22.4 Å². The van der Waals surface area contributed by atoms with Crippen LogP contribution in [0, 0.1) is 44.0 Å². The minimum absolute atomic E-state index is 0. The fraction of sp³-hybridized carbons (Fsp3) is 0.667. The van der Waals surface area contributed by atoms with E-state index in [4.69, 9.17) is 13.6 Å². The number of carbonyl (C=O) groups excluding carboxylic acids is 2. The van der Waals surface area contributed by atoms with Crippen LogP contribution < -0.4 is 10.6 Å². The van der Waals surface area contributed by atoms with Crippen molar-refractivity contribution in [3.8, 4) is 0 Å². The Balaban J connectivity index is -0.00000264. The van der Waals surface area contributed by atoms with Gasteiger partial charge in [-0.3, -0.25) is 18.4 Å². The summed E-state index contributed by atoms with van der Waals surface area (Å²) in [4.78, 5) is 22.6. The molecule has 2 N–H and O–H groups in total. The van der Waals surface area contributed by atoms with Gasteiger partial charge in [0.25, 0.3) is 0 Å². The van der Waals surface area contributed by atoms with Crippen molar-refractivity contribution in [3.05, 3.63) is 19.6 Å². The summed E-state index contributed by atoms with van der Waals surface area (Å²) in [6.07, 6.45) is 3.97. The molecule has 149 valence electrons. The average Bonchev–Trinajstić information content (AvgIpc) is 2.54. The summed E-state index contributed by atoms with van der Waals surface area (Å²) >= 11 is 0. The van der Waals surface area contributed by atoms with Gasteiger partial charge in [0.15, 0.2) is 0 Å². The molecule has 26 heavy (non-hydrogen) atoms. The summed E-state index contributed by atoms with van der Waals surface area (Å²) in [6, 6.07) is -1.06. The molecule has 0 aromatic rings. The van der Waals surface area contributed by atoms with Gasteiger partial charge in [-0.1, -0.05) is 19.9 Å². The summed E-state index contributed by atoms with van der Waals surface area (Å²) in [5.74, 6) is -0.0411. The topological polar surface area (TPSA) is 103 Å². The Morgan fingerprint density at radius 3 is 2.50 bits per heavy atom. The van der Waals surface area contributed by atoms with Gasteiger partial charge in [0.05, 0.1) is 13.2 Å². The Hall–Kier alpha value is 0.426. The Morgan fingerprint density at radius 2 is 2.00 bits per heavy atom. The van der Waals surface area contributed by atoms with Gasteiger partial charge in [0, 0.05) is 62.8 Å². The number of phosphoric acid groups is 1. The average molecular weight is 651 g/mol. The van der Waals surface area contributed by atoms with Gasteiger partial charge >= 0.3 is 7.82 Å². The molecule has 2 atom stereocenters. The van der Waals surface area contributed by atoms with E-state index in [2.05, 4.69) is 24.1 Å². The molecule has 8 nitrogen and oxygen atoms in total. The molecule has 2 amide bonds. The van der Waals surface area contributed by atoms with E-state index < -0.39 is 19.8 Å². The second kappa shape index (κ2) is 18.8. The Labute approximate surface area is 191 Å². The van der Waals surface area contributed by atoms with Crippen LogP contribution in [0.1, 0.15) is 26.7 Å². The van der Waals surface area contributed by atoms with Crippen LogP contribution in [0.5, 0.6) is 0 Å². The maximum atomic E-state index is 12.4. The molecule has 0 aliphatic carbocycles. The zero-order chi connectivity index (χ0) is 18.4. The van der Waals surface area contributed by atoms with Crippen molar-refractivity contribution in [3.63, 3.8) is 0 Å². The predicted octanol–water partition coefficient (Wildman–Crippen LogP) is 1.74. The smallest absolute Gasteiger partial charge is 0.475 e. The number of carbonyl (C=O) groups is 1. The quantitative estimate of drug-likeness (QED) is 0.121. The van der Waals surface area contributed by atoms with Gasteiger partial charge in [-0.15, -0.1) is 6.58 Å². The third-order valence-corrected chi connectivity index (χ3v) is 4.14. The normalized spacial score (nSPS) is 13.5. The maximum Gasteiger partial charge on any atom is 0.475 e. The monoisotopic (exact) mass is 651 g/mol. The van der Waals surface area contributed by atoms with E-state index in [1.165, 1.54) is 12.5 Å². The zero-order valence-corrected chi connectivity index (χ0v) is 21.7. The maximum absolute atomic E-state index is 12.4. The summed E-state index contributed by atoms with van der Waals surface area (Å²) in [6.45, 7) is 11.1. The van der Waals surface area contributed by atoms with Crippen LogP contribution in [0.15, 0.2) is 12.7 Å². The Morgan fingerprint density at radius 1 is 1.35 bits per heavy atom. The minimum atomic E-state index is -3.87. The first-order chi connectivity index (χ1) is 11.4. The molecule has 0 aromatic carbocycles. The molecular weight excluding hydrogens is 624 g/mol. The molecule has 0 aliphatic rings. The van der Waals surface area contributed by atoms with Gasteiger partial charge in [0.1, 0.15) is 6.04 Å². The molecule has 0 saturated heterocycles. The van der Waals surface area contributed by atoms with E-state index in [1.54, 1.807) is 0 Å². The number of amides is 2. The molecule has 0 rings (SSSR count). The predicted molar refractivity (Wildman–Crippen MR) is 90.7 cm³/mol. The van der Waals surface area contributed by atoms with Gasteiger partial charge in [-0.2, -0.15) is 12.8 Å². The van der Waals surface area contributed by atoms with Crippen molar-refractivity contribution in [2.24, 2.45) is 5.92 Å². The number of hydrogen-bond acceptors (Lipinski definition) is 6. The van der Waals surface area contributed by atoms with Crippen molar-refractivity contribution in [2.45, 2.75) is 32.7 Å². The molecule has 0 heterocycles. The fourth-order valence-electron chi connectivity index (χ4n) is 1.46. The molecule has 2 unspecified atom stereocenters. The largest absolute Gasteiger partial charge is 0.520 e. The van der Waals surface area contributed by atoms with Crippen molar-refractivity contribution in [1.29, 1.82) is 0 Å². The molecule has 0 spiro atoms. The number of rotatable bonds is 15. The van der Waals surface area contributed by atoms with Crippen molar-refractivity contribution >= 4 is 20.1 Å². The van der Waals surface area contributed by atoms with Crippen LogP contribution >= 0.6 is 7.82 Å². The molecular formula is C15H27N2O6PUV-2. The molecule has 0 aromatic heterocycles. The van der Waals surface area contributed by atoms with E-state index in [-0.39, 0.29) is 69.5 Å². The Kier molecular flexibility index (Phi) is 22.5. The van der Waals surface area contributed by atoms with Crippen LogP contribution in [-0.2, 0) is 46.3 Å². The molecule has 0 aliphatic heterocycles. The molecule has 0 bridgehead atoms. The molecule has 1 radical (unpaired) electrons. The first-order valence-corrected chi connectivity index (χ1v) is 9.18. The molecule has 0 fully saturated rings. The first kappa shape index (κ1) is 31.1. The van der Waals surface area contributed by atoms with Crippen LogP contribution in [0.3, 0.4) is 0 Å². The summed E-state index contributed by atoms with van der Waals surface area (Å²) in [7, 11) is -3.87. The zero-order valence-electron chi connectivity index (χ0n) is 15.2. The van der Waals surface area contributed by atoms with Crippen LogP contribution in [0.4, 0.5) is 0 Å². The van der Waals surface area contributed by atoms with Crippen LogP contribution in [0.2, 0.25) is 0 Å². The van der Waals surface area contributed by atoms with E-state index in [0.29, 0.717) is 18.9 Å². The Bertz CT molecular complexity index is 442. The SMILES string of the molecule is C=CCOP(=O)(OCC[CH2-])OCC(N[C-]=O)C(=O)NCCC(C)C.[U].[V]. The number of nitrogens with one attached hydrogen (secondary N) is 2. The summed E-state index contributed by atoms with van der Waals surface area (Å²) in [5, 5.41) is 4.86. The summed E-state index contributed by atoms with van der Waals surface area (Å²) in [5.41, 5.74) is 0. The van der Waals surface area contributed by atoms with Crippen molar-refractivity contribution in [2.75, 3.05) is 26.4 Å². The van der Waals surface area contributed by atoms with Gasteiger partial charge in [-0.25, -0.2) is 4.57 Å². The van der Waals surface area contributed by atoms with Crippen LogP contribution in [-0.4, -0.2) is 44.7 Å². The van der Waals surface area contributed by atoms with Crippen molar-refractivity contribution < 1.29 is 77.4 Å². The van der Waals surface area contributed by atoms with Gasteiger partial charge in [0.2, 0.25) is 5.91 Å². The van der Waals surface area contributed by atoms with Crippen molar-refractivity contribution in [1.82, 2.24) is 10.6 Å². The standard InChI is InChI=1S/C15H27N2O6P.U.V/c1-5-9-21-24(20,22-10-6-2)23-11-14(17-12-18)15(19)16-8-7-13(3)4;;/h5,13-14H,1-2,6-11H2,3-4H3,(H,16,19)(H,17,18);;/q-2;;. The summed E-state index contributed by atoms with van der Waals surface area (Å²) < 4.78 is 27.5. The second-order valence-corrected chi connectivity index (χ2v) is 6.96. The fourth-order valence-corrected chi connectivity index (χ4v) is 2.66. The first-order valence-electron chi connectivity index (χ1n) is 7.72. The molecule has 0 saturated carbocycles. The third kappa shape index (κ3) is 15.5. The minimum Gasteiger partial charge on any atom is -0.520 e. The number of hydrogen-bond donors (Lipinski definition) is 2. The van der Waals surface area contributed by atoms with Gasteiger partial charge in [-0.05, 0) is 12.3 Å². The number of phosphoric ester groups is 1.